The van der Waals surface area contributed by atoms with Crippen LogP contribution in [0.1, 0.15) is 18.2 Å². The minimum atomic E-state index is 0.0327. The zero-order valence-electron chi connectivity index (χ0n) is 12.1. The number of nitrogens with zero attached hydrogens (tertiary/aromatic N) is 5. The van der Waals surface area contributed by atoms with Crippen LogP contribution in [0.4, 0.5) is 0 Å². The highest BCUT2D eigenvalue weighted by Crippen LogP contribution is 2.22. The summed E-state index contributed by atoms with van der Waals surface area (Å²) in [7, 11) is 1.70. The topological polar surface area (TPSA) is 57.8 Å². The Labute approximate surface area is 136 Å². The second-order valence-corrected chi connectivity index (χ2v) is 5.76. The summed E-state index contributed by atoms with van der Waals surface area (Å²) in [5.74, 6) is 0. The molecule has 0 aliphatic heterocycles. The van der Waals surface area contributed by atoms with Crippen LogP contribution < -0.4 is 0 Å². The average Bonchev–Trinajstić information content (AvgIpc) is 3.20. The Morgan fingerprint density at radius 1 is 1.32 bits per heavy atom. The predicted molar refractivity (Wildman–Crippen MR) is 85.9 cm³/mol. The second kappa shape index (κ2) is 6.85. The van der Waals surface area contributed by atoms with Gasteiger partial charge in [0.1, 0.15) is 0 Å². The van der Waals surface area contributed by atoms with Gasteiger partial charge in [0.15, 0.2) is 0 Å². The third kappa shape index (κ3) is 3.26. The van der Waals surface area contributed by atoms with Crippen LogP contribution in [0, 0.1) is 0 Å². The SMILES string of the molecule is COCCC(c1ccc(Br)cn1)n1cc(-n2ccnc2)cn1. The van der Waals surface area contributed by atoms with Crippen molar-refractivity contribution in [3.63, 3.8) is 0 Å². The quantitative estimate of drug-likeness (QED) is 0.677. The molecule has 0 saturated carbocycles. The Hall–Kier alpha value is -1.99. The minimum absolute atomic E-state index is 0.0327. The molecule has 0 spiro atoms. The number of methoxy groups -OCH3 is 1. The zero-order valence-corrected chi connectivity index (χ0v) is 13.7. The standard InChI is InChI=1S/C15H16BrN5O/c1-22-7-4-15(14-3-2-12(16)8-18-14)21-10-13(9-19-21)20-6-5-17-11-20/h2-3,5-6,8-11,15H,4,7H2,1H3. The minimum Gasteiger partial charge on any atom is -0.385 e. The van der Waals surface area contributed by atoms with E-state index in [1.165, 1.54) is 0 Å². The van der Waals surface area contributed by atoms with Gasteiger partial charge in [0.2, 0.25) is 0 Å². The van der Waals surface area contributed by atoms with Crippen molar-refractivity contribution in [2.75, 3.05) is 13.7 Å². The van der Waals surface area contributed by atoms with Gasteiger partial charge in [-0.25, -0.2) is 4.98 Å². The molecule has 0 aliphatic rings. The van der Waals surface area contributed by atoms with Crippen LogP contribution in [0.15, 0.2) is 53.9 Å². The van der Waals surface area contributed by atoms with Gasteiger partial charge in [-0.05, 0) is 34.5 Å². The number of imidazole rings is 1. The van der Waals surface area contributed by atoms with Crippen molar-refractivity contribution in [3.8, 4) is 5.69 Å². The number of pyridine rings is 1. The molecule has 1 atom stereocenters. The zero-order chi connectivity index (χ0) is 15.4. The maximum absolute atomic E-state index is 5.22. The lowest BCUT2D eigenvalue weighted by atomic mass is 10.1. The van der Waals surface area contributed by atoms with Gasteiger partial charge in [0.25, 0.3) is 0 Å². The molecular weight excluding hydrogens is 346 g/mol. The first-order valence-electron chi connectivity index (χ1n) is 6.91. The number of hydrogen-bond acceptors (Lipinski definition) is 4. The van der Waals surface area contributed by atoms with E-state index in [0.29, 0.717) is 6.61 Å². The van der Waals surface area contributed by atoms with Crippen molar-refractivity contribution in [2.45, 2.75) is 12.5 Å². The highest BCUT2D eigenvalue weighted by atomic mass is 79.9. The third-order valence-corrected chi connectivity index (χ3v) is 3.87. The molecule has 0 bridgehead atoms. The molecule has 0 fully saturated rings. The molecule has 6 nitrogen and oxygen atoms in total. The van der Waals surface area contributed by atoms with Crippen LogP contribution in [-0.2, 0) is 4.74 Å². The molecule has 0 aliphatic carbocycles. The van der Waals surface area contributed by atoms with E-state index in [0.717, 1.165) is 22.3 Å². The molecular formula is C15H16BrN5O. The molecule has 3 aromatic heterocycles. The Morgan fingerprint density at radius 3 is 2.91 bits per heavy atom. The molecule has 22 heavy (non-hydrogen) atoms. The van der Waals surface area contributed by atoms with E-state index in [1.807, 2.05) is 40.0 Å². The summed E-state index contributed by atoms with van der Waals surface area (Å²) in [4.78, 5) is 8.56. The van der Waals surface area contributed by atoms with Crippen LogP contribution in [-0.4, -0.2) is 38.0 Å². The molecule has 0 radical (unpaired) electrons. The highest BCUT2D eigenvalue weighted by molar-refractivity contribution is 9.10. The van der Waals surface area contributed by atoms with Crippen molar-refractivity contribution in [1.82, 2.24) is 24.3 Å². The van der Waals surface area contributed by atoms with E-state index < -0.39 is 0 Å². The molecule has 1 unspecified atom stereocenters. The molecule has 7 heteroatoms. The van der Waals surface area contributed by atoms with Crippen LogP contribution >= 0.6 is 15.9 Å². The molecule has 0 saturated heterocycles. The first kappa shape index (κ1) is 14.9. The van der Waals surface area contributed by atoms with Crippen LogP contribution in [0.5, 0.6) is 0 Å². The maximum atomic E-state index is 5.22. The number of halogens is 1. The summed E-state index contributed by atoms with van der Waals surface area (Å²) < 4.78 is 10.0. The summed E-state index contributed by atoms with van der Waals surface area (Å²) >= 11 is 3.41. The monoisotopic (exact) mass is 361 g/mol. The van der Waals surface area contributed by atoms with Crippen molar-refractivity contribution in [2.24, 2.45) is 0 Å². The van der Waals surface area contributed by atoms with Gasteiger partial charge in [-0.2, -0.15) is 5.10 Å². The summed E-state index contributed by atoms with van der Waals surface area (Å²) in [5.41, 5.74) is 1.93. The summed E-state index contributed by atoms with van der Waals surface area (Å²) in [6.45, 7) is 0.642. The lowest BCUT2D eigenvalue weighted by Crippen LogP contribution is -2.15. The van der Waals surface area contributed by atoms with Gasteiger partial charge in [-0.15, -0.1) is 0 Å². The Morgan fingerprint density at radius 2 is 2.23 bits per heavy atom. The van der Waals surface area contributed by atoms with Crippen LogP contribution in [0.2, 0.25) is 0 Å². The predicted octanol–water partition coefficient (Wildman–Crippen LogP) is 2.85. The second-order valence-electron chi connectivity index (χ2n) is 4.85. The molecule has 0 amide bonds. The lowest BCUT2D eigenvalue weighted by Gasteiger charge is -2.16. The fraction of sp³-hybridized carbons (Fsp3) is 0.267. The largest absolute Gasteiger partial charge is 0.385 e. The Kier molecular flexibility index (Phi) is 4.65. The summed E-state index contributed by atoms with van der Waals surface area (Å²) in [6, 6.07) is 4.02. The fourth-order valence-corrected chi connectivity index (χ4v) is 2.51. The molecule has 0 N–H and O–H groups in total. The first-order valence-corrected chi connectivity index (χ1v) is 7.70. The van der Waals surface area contributed by atoms with E-state index in [9.17, 15) is 0 Å². The number of hydrogen-bond donors (Lipinski definition) is 0. The third-order valence-electron chi connectivity index (χ3n) is 3.40. The van der Waals surface area contributed by atoms with Gasteiger partial charge in [-0.3, -0.25) is 9.67 Å². The maximum Gasteiger partial charge on any atom is 0.0992 e. The van der Waals surface area contributed by atoms with Gasteiger partial charge in [0.05, 0.1) is 29.9 Å². The highest BCUT2D eigenvalue weighted by Gasteiger charge is 2.16. The smallest absolute Gasteiger partial charge is 0.0992 e. The van der Waals surface area contributed by atoms with E-state index in [-0.39, 0.29) is 6.04 Å². The van der Waals surface area contributed by atoms with Gasteiger partial charge < -0.3 is 9.30 Å². The van der Waals surface area contributed by atoms with Crippen LogP contribution in [0.25, 0.3) is 5.69 Å². The van der Waals surface area contributed by atoms with E-state index in [2.05, 4.69) is 31.0 Å². The fourth-order valence-electron chi connectivity index (χ4n) is 2.27. The number of rotatable bonds is 6. The van der Waals surface area contributed by atoms with Crippen molar-refractivity contribution >= 4 is 15.9 Å². The van der Waals surface area contributed by atoms with Crippen molar-refractivity contribution < 1.29 is 4.74 Å². The van der Waals surface area contributed by atoms with Crippen molar-refractivity contribution in [3.05, 3.63) is 59.6 Å². The number of aromatic nitrogens is 5. The average molecular weight is 362 g/mol. The molecule has 3 rings (SSSR count). The molecule has 3 heterocycles. The lowest BCUT2D eigenvalue weighted by molar-refractivity contribution is 0.181. The Balaban J connectivity index is 1.90. The molecule has 0 aromatic carbocycles. The summed E-state index contributed by atoms with van der Waals surface area (Å²) in [6.07, 6.45) is 11.8. The van der Waals surface area contributed by atoms with E-state index in [1.54, 1.807) is 25.8 Å². The van der Waals surface area contributed by atoms with Gasteiger partial charge in [0, 0.05) is 43.0 Å². The number of ether oxygens (including phenoxy) is 1. The molecule has 114 valence electrons. The van der Waals surface area contributed by atoms with Gasteiger partial charge >= 0.3 is 0 Å². The molecule has 3 aromatic rings. The Bertz CT molecular complexity index is 708. The van der Waals surface area contributed by atoms with Crippen molar-refractivity contribution in [1.29, 1.82) is 0 Å². The van der Waals surface area contributed by atoms with E-state index in [4.69, 9.17) is 4.74 Å². The normalized spacial score (nSPS) is 12.5. The van der Waals surface area contributed by atoms with Crippen LogP contribution in [0.3, 0.4) is 0 Å². The summed E-state index contributed by atoms with van der Waals surface area (Å²) in [5, 5.41) is 4.48. The first-order chi connectivity index (χ1) is 10.8. The van der Waals surface area contributed by atoms with Gasteiger partial charge in [-0.1, -0.05) is 0 Å². The van der Waals surface area contributed by atoms with E-state index >= 15 is 0 Å².